The van der Waals surface area contributed by atoms with Gasteiger partial charge in [0.15, 0.2) is 5.13 Å². The van der Waals surface area contributed by atoms with E-state index in [0.29, 0.717) is 5.13 Å². The lowest BCUT2D eigenvalue weighted by atomic mass is 9.89. The predicted octanol–water partition coefficient (Wildman–Crippen LogP) is 2.23. The van der Waals surface area contributed by atoms with Gasteiger partial charge in [-0.05, 0) is 11.6 Å². The Hall–Kier alpha value is -2.21. The van der Waals surface area contributed by atoms with Gasteiger partial charge in [0.25, 0.3) is 0 Å². The molecule has 1 aromatic carbocycles. The summed E-state index contributed by atoms with van der Waals surface area (Å²) in [7, 11) is 1.69. The van der Waals surface area contributed by atoms with Gasteiger partial charge in [0.05, 0.1) is 5.92 Å². The number of nitrogens with zero attached hydrogens (tertiary/aromatic N) is 2. The summed E-state index contributed by atoms with van der Waals surface area (Å²) in [6.45, 7) is 0. The first kappa shape index (κ1) is 12.8. The quantitative estimate of drug-likeness (QED) is 0.921. The number of likely N-dealkylation sites (N-methyl/N-ethyl adjacent to an activating group) is 1. The molecule has 1 unspecified atom stereocenters. The minimum absolute atomic E-state index is 0.109. The fourth-order valence-corrected chi connectivity index (χ4v) is 2.95. The third-order valence-corrected chi connectivity index (χ3v) is 4.18. The van der Waals surface area contributed by atoms with Crippen LogP contribution in [0.4, 0.5) is 10.8 Å². The lowest BCUT2D eigenvalue weighted by Crippen LogP contribution is -2.36. The van der Waals surface area contributed by atoms with Crippen molar-refractivity contribution in [3.8, 4) is 0 Å². The Labute approximate surface area is 120 Å². The van der Waals surface area contributed by atoms with Crippen LogP contribution in [0, 0.1) is 0 Å². The number of amides is 2. The summed E-state index contributed by atoms with van der Waals surface area (Å²) in [4.78, 5) is 30.0. The van der Waals surface area contributed by atoms with Crippen molar-refractivity contribution >= 4 is 34.0 Å². The number of rotatable bonds is 2. The van der Waals surface area contributed by atoms with Crippen molar-refractivity contribution in [2.24, 2.45) is 0 Å². The maximum Gasteiger partial charge on any atom is 0.236 e. The average Bonchev–Trinajstić information content (AvgIpc) is 2.99. The first-order chi connectivity index (χ1) is 9.66. The number of fused-ring (bicyclic) bond motifs is 1. The molecule has 0 bridgehead atoms. The zero-order valence-electron chi connectivity index (χ0n) is 10.9. The monoisotopic (exact) mass is 287 g/mol. The molecule has 2 heterocycles. The number of hydrogen-bond acceptors (Lipinski definition) is 4. The second-order valence-electron chi connectivity index (χ2n) is 4.60. The lowest BCUT2D eigenvalue weighted by molar-refractivity contribution is -0.124. The highest BCUT2D eigenvalue weighted by atomic mass is 32.1. The van der Waals surface area contributed by atoms with Gasteiger partial charge in [0.2, 0.25) is 11.8 Å². The van der Waals surface area contributed by atoms with Gasteiger partial charge in [-0.2, -0.15) is 0 Å². The van der Waals surface area contributed by atoms with Crippen LogP contribution in [0.15, 0.2) is 35.8 Å². The van der Waals surface area contributed by atoms with Crippen LogP contribution in [0.2, 0.25) is 0 Å². The van der Waals surface area contributed by atoms with Crippen LogP contribution in [-0.4, -0.2) is 23.8 Å². The molecule has 1 aromatic heterocycles. The van der Waals surface area contributed by atoms with E-state index < -0.39 is 5.92 Å². The van der Waals surface area contributed by atoms with E-state index in [1.165, 1.54) is 16.2 Å². The van der Waals surface area contributed by atoms with E-state index in [1.54, 1.807) is 13.2 Å². The molecule has 0 saturated carbocycles. The molecule has 0 spiro atoms. The molecule has 0 saturated heterocycles. The Kier molecular flexibility index (Phi) is 3.23. The number of carbonyl (C=O) groups is 2. The molecular formula is C14H13N3O2S. The van der Waals surface area contributed by atoms with Crippen LogP contribution in [0.1, 0.15) is 17.9 Å². The molecule has 0 fully saturated rings. The van der Waals surface area contributed by atoms with Crippen molar-refractivity contribution in [1.82, 2.24) is 4.98 Å². The van der Waals surface area contributed by atoms with E-state index in [2.05, 4.69) is 10.3 Å². The number of hydrogen-bond donors (Lipinski definition) is 1. The van der Waals surface area contributed by atoms with Crippen molar-refractivity contribution in [3.63, 3.8) is 0 Å². The maximum absolute atomic E-state index is 12.6. The van der Waals surface area contributed by atoms with Crippen LogP contribution in [0.25, 0.3) is 0 Å². The fourth-order valence-electron chi connectivity index (χ4n) is 2.34. The molecule has 20 heavy (non-hydrogen) atoms. The van der Waals surface area contributed by atoms with Crippen LogP contribution < -0.4 is 10.2 Å². The van der Waals surface area contributed by atoms with Crippen molar-refractivity contribution in [2.45, 2.75) is 12.3 Å². The summed E-state index contributed by atoms with van der Waals surface area (Å²) in [6.07, 6.45) is 1.83. The number of para-hydroxylation sites is 1. The first-order valence-electron chi connectivity index (χ1n) is 6.22. The third kappa shape index (κ3) is 2.18. The second-order valence-corrected chi connectivity index (χ2v) is 5.48. The summed E-state index contributed by atoms with van der Waals surface area (Å²) < 4.78 is 0. The third-order valence-electron chi connectivity index (χ3n) is 3.33. The number of anilines is 2. The highest BCUT2D eigenvalue weighted by molar-refractivity contribution is 7.13. The molecule has 1 atom stereocenters. The Morgan fingerprint density at radius 2 is 2.25 bits per heavy atom. The average molecular weight is 287 g/mol. The molecule has 2 amide bonds. The molecular weight excluding hydrogens is 274 g/mol. The van der Waals surface area contributed by atoms with E-state index in [-0.39, 0.29) is 18.2 Å². The van der Waals surface area contributed by atoms with Crippen molar-refractivity contribution in [1.29, 1.82) is 0 Å². The van der Waals surface area contributed by atoms with Gasteiger partial charge >= 0.3 is 0 Å². The fraction of sp³-hybridized carbons (Fsp3) is 0.214. The van der Waals surface area contributed by atoms with Gasteiger partial charge in [-0.15, -0.1) is 11.3 Å². The second kappa shape index (κ2) is 5.05. The normalized spacial score (nSPS) is 17.2. The number of benzene rings is 1. The molecule has 102 valence electrons. The van der Waals surface area contributed by atoms with Crippen LogP contribution in [-0.2, 0) is 9.59 Å². The van der Waals surface area contributed by atoms with Crippen molar-refractivity contribution in [3.05, 3.63) is 41.4 Å². The standard InChI is InChI=1S/C14H13N3O2S/c1-17(14-15-6-7-20-14)13(19)10-8-12(18)16-11-5-3-2-4-9(10)11/h2-7,10H,8H2,1H3,(H,16,18). The smallest absolute Gasteiger partial charge is 0.236 e. The predicted molar refractivity (Wildman–Crippen MR) is 78.0 cm³/mol. The van der Waals surface area contributed by atoms with Crippen molar-refractivity contribution in [2.75, 3.05) is 17.3 Å². The Morgan fingerprint density at radius 1 is 1.45 bits per heavy atom. The van der Waals surface area contributed by atoms with Gasteiger partial charge in [-0.25, -0.2) is 4.98 Å². The van der Waals surface area contributed by atoms with E-state index in [0.717, 1.165) is 11.3 Å². The van der Waals surface area contributed by atoms with Gasteiger partial charge < -0.3 is 5.32 Å². The summed E-state index contributed by atoms with van der Waals surface area (Å²) in [5, 5.41) is 5.25. The Bertz CT molecular complexity index is 654. The molecule has 1 aliphatic rings. The van der Waals surface area contributed by atoms with Gasteiger partial charge in [0, 0.05) is 30.7 Å². The zero-order valence-corrected chi connectivity index (χ0v) is 11.7. The molecule has 6 heteroatoms. The Balaban J connectivity index is 1.94. The molecule has 3 rings (SSSR count). The number of carbonyl (C=O) groups excluding carboxylic acids is 2. The first-order valence-corrected chi connectivity index (χ1v) is 7.10. The van der Waals surface area contributed by atoms with Crippen molar-refractivity contribution < 1.29 is 9.59 Å². The lowest BCUT2D eigenvalue weighted by Gasteiger charge is -2.27. The van der Waals surface area contributed by atoms with E-state index >= 15 is 0 Å². The topological polar surface area (TPSA) is 62.3 Å². The van der Waals surface area contributed by atoms with Gasteiger partial charge in [0.1, 0.15) is 0 Å². The van der Waals surface area contributed by atoms with Crippen LogP contribution in [0.5, 0.6) is 0 Å². The van der Waals surface area contributed by atoms with E-state index in [4.69, 9.17) is 0 Å². The highest BCUT2D eigenvalue weighted by Gasteiger charge is 2.33. The minimum Gasteiger partial charge on any atom is -0.326 e. The van der Waals surface area contributed by atoms with Crippen LogP contribution >= 0.6 is 11.3 Å². The summed E-state index contributed by atoms with van der Waals surface area (Å²) in [6, 6.07) is 7.42. The minimum atomic E-state index is -0.450. The Morgan fingerprint density at radius 3 is 3.00 bits per heavy atom. The molecule has 2 aromatic rings. The van der Waals surface area contributed by atoms with E-state index in [9.17, 15) is 9.59 Å². The van der Waals surface area contributed by atoms with E-state index in [1.807, 2.05) is 29.6 Å². The summed E-state index contributed by atoms with van der Waals surface area (Å²) in [5.74, 6) is -0.689. The number of nitrogens with one attached hydrogen (secondary N) is 1. The molecule has 0 aliphatic carbocycles. The van der Waals surface area contributed by atoms with Gasteiger partial charge in [-0.3, -0.25) is 14.5 Å². The number of thiazole rings is 1. The molecule has 0 radical (unpaired) electrons. The SMILES string of the molecule is CN(C(=O)C1CC(=O)Nc2ccccc21)c1nccs1. The highest BCUT2D eigenvalue weighted by Crippen LogP contribution is 2.34. The molecule has 1 aliphatic heterocycles. The number of aromatic nitrogens is 1. The molecule has 5 nitrogen and oxygen atoms in total. The van der Waals surface area contributed by atoms with Crippen LogP contribution in [0.3, 0.4) is 0 Å². The van der Waals surface area contributed by atoms with Gasteiger partial charge in [-0.1, -0.05) is 18.2 Å². The molecule has 1 N–H and O–H groups in total. The maximum atomic E-state index is 12.6. The summed E-state index contributed by atoms with van der Waals surface area (Å²) >= 11 is 1.40. The largest absolute Gasteiger partial charge is 0.326 e. The summed E-state index contributed by atoms with van der Waals surface area (Å²) in [5.41, 5.74) is 1.58. The zero-order chi connectivity index (χ0) is 14.1.